The van der Waals surface area contributed by atoms with Crippen LogP contribution in [0.1, 0.15) is 17.0 Å². The van der Waals surface area contributed by atoms with E-state index in [1.165, 1.54) is 17.4 Å². The zero-order valence-corrected chi connectivity index (χ0v) is 16.7. The second-order valence-corrected chi connectivity index (χ2v) is 7.97. The van der Waals surface area contributed by atoms with E-state index in [1.54, 1.807) is 11.0 Å². The minimum atomic E-state index is -4.41. The highest BCUT2D eigenvalue weighted by atomic mass is 32.1. The molecule has 30 heavy (non-hydrogen) atoms. The van der Waals surface area contributed by atoms with Gasteiger partial charge in [0.25, 0.3) is 0 Å². The van der Waals surface area contributed by atoms with E-state index in [4.69, 9.17) is 4.52 Å². The number of hydrogen-bond acceptors (Lipinski definition) is 6. The standard InChI is InChI=1S/C20H19F3N4O2S/c21-20(22,23)15-4-1-3-14(11-15)12-18(28)27-8-6-26(7-9-27)13-17-24-19(25-29-17)16-5-2-10-30-16/h1-5,10-11H,6-9,12-13H2. The van der Waals surface area contributed by atoms with Crippen LogP contribution in [0.5, 0.6) is 0 Å². The van der Waals surface area contributed by atoms with Crippen LogP contribution in [0.15, 0.2) is 46.3 Å². The van der Waals surface area contributed by atoms with Crippen LogP contribution in [-0.2, 0) is 23.9 Å². The van der Waals surface area contributed by atoms with E-state index in [2.05, 4.69) is 15.0 Å². The highest BCUT2D eigenvalue weighted by molar-refractivity contribution is 7.13. The van der Waals surface area contributed by atoms with Crippen molar-refractivity contribution in [3.05, 3.63) is 58.8 Å². The fourth-order valence-corrected chi connectivity index (χ4v) is 3.96. The smallest absolute Gasteiger partial charge is 0.340 e. The molecule has 0 aliphatic carbocycles. The Morgan fingerprint density at radius 2 is 1.93 bits per heavy atom. The summed E-state index contributed by atoms with van der Waals surface area (Å²) in [6.07, 6.45) is -4.46. The fraction of sp³-hybridized carbons (Fsp3) is 0.350. The number of rotatable bonds is 5. The summed E-state index contributed by atoms with van der Waals surface area (Å²) in [6.45, 7) is 2.76. The minimum absolute atomic E-state index is 0.0439. The Morgan fingerprint density at radius 3 is 2.63 bits per heavy atom. The number of alkyl halides is 3. The number of hydrogen-bond donors (Lipinski definition) is 0. The van der Waals surface area contributed by atoms with Crippen molar-refractivity contribution in [2.45, 2.75) is 19.1 Å². The van der Waals surface area contributed by atoms with Gasteiger partial charge in [-0.1, -0.05) is 29.4 Å². The Hall–Kier alpha value is -2.72. The van der Waals surface area contributed by atoms with Gasteiger partial charge in [0.15, 0.2) is 0 Å². The van der Waals surface area contributed by atoms with Crippen molar-refractivity contribution in [1.82, 2.24) is 19.9 Å². The molecule has 3 aromatic rings. The Kier molecular flexibility index (Phi) is 5.87. The molecule has 1 aromatic carbocycles. The molecule has 2 aromatic heterocycles. The van der Waals surface area contributed by atoms with E-state index < -0.39 is 11.7 Å². The first-order chi connectivity index (χ1) is 14.4. The van der Waals surface area contributed by atoms with E-state index in [0.717, 1.165) is 17.0 Å². The molecule has 4 rings (SSSR count). The van der Waals surface area contributed by atoms with Crippen molar-refractivity contribution in [3.8, 4) is 10.7 Å². The fourth-order valence-electron chi connectivity index (χ4n) is 3.32. The number of aromatic nitrogens is 2. The molecular formula is C20H19F3N4O2S. The first-order valence-electron chi connectivity index (χ1n) is 9.41. The van der Waals surface area contributed by atoms with Crippen LogP contribution >= 0.6 is 11.3 Å². The van der Waals surface area contributed by atoms with Crippen LogP contribution < -0.4 is 0 Å². The number of benzene rings is 1. The maximum Gasteiger partial charge on any atom is 0.416 e. The maximum atomic E-state index is 12.8. The molecule has 3 heterocycles. The highest BCUT2D eigenvalue weighted by Crippen LogP contribution is 2.29. The minimum Gasteiger partial charge on any atom is -0.340 e. The molecule has 10 heteroatoms. The lowest BCUT2D eigenvalue weighted by Crippen LogP contribution is -2.48. The van der Waals surface area contributed by atoms with Gasteiger partial charge < -0.3 is 9.42 Å². The average molecular weight is 436 g/mol. The Morgan fingerprint density at radius 1 is 1.13 bits per heavy atom. The zero-order valence-electron chi connectivity index (χ0n) is 15.9. The van der Waals surface area contributed by atoms with Crippen molar-refractivity contribution in [2.24, 2.45) is 0 Å². The summed E-state index contributed by atoms with van der Waals surface area (Å²) in [5, 5.41) is 5.94. The van der Waals surface area contributed by atoms with Gasteiger partial charge in [-0.15, -0.1) is 11.3 Å². The van der Waals surface area contributed by atoms with Gasteiger partial charge in [-0.2, -0.15) is 18.2 Å². The molecule has 0 N–H and O–H groups in total. The Labute approximate surface area is 174 Å². The predicted molar refractivity (Wildman–Crippen MR) is 105 cm³/mol. The number of thiophene rings is 1. The quantitative estimate of drug-likeness (QED) is 0.610. The van der Waals surface area contributed by atoms with Crippen LogP contribution in [0.2, 0.25) is 0 Å². The molecule has 0 radical (unpaired) electrons. The molecular weight excluding hydrogens is 417 g/mol. The first kappa shape index (κ1) is 20.5. The van der Waals surface area contributed by atoms with Crippen molar-refractivity contribution in [2.75, 3.05) is 26.2 Å². The van der Waals surface area contributed by atoms with Crippen LogP contribution in [-0.4, -0.2) is 52.0 Å². The topological polar surface area (TPSA) is 62.5 Å². The van der Waals surface area contributed by atoms with E-state index in [0.29, 0.717) is 50.0 Å². The van der Waals surface area contributed by atoms with Gasteiger partial charge >= 0.3 is 6.18 Å². The van der Waals surface area contributed by atoms with Crippen molar-refractivity contribution >= 4 is 17.2 Å². The van der Waals surface area contributed by atoms with E-state index in [-0.39, 0.29) is 12.3 Å². The predicted octanol–water partition coefficient (Wildman–Crippen LogP) is 3.70. The second-order valence-electron chi connectivity index (χ2n) is 7.02. The summed E-state index contributed by atoms with van der Waals surface area (Å²) in [5.74, 6) is 0.906. The molecule has 1 amide bonds. The summed E-state index contributed by atoms with van der Waals surface area (Å²) >= 11 is 1.54. The van der Waals surface area contributed by atoms with Gasteiger partial charge in [-0.05, 0) is 23.1 Å². The van der Waals surface area contributed by atoms with Gasteiger partial charge in [0.2, 0.25) is 17.6 Å². The molecule has 0 unspecified atom stereocenters. The third-order valence-electron chi connectivity index (χ3n) is 4.90. The highest BCUT2D eigenvalue weighted by Gasteiger charge is 2.30. The van der Waals surface area contributed by atoms with Gasteiger partial charge in [0.1, 0.15) is 0 Å². The Balaban J connectivity index is 1.29. The normalized spacial score (nSPS) is 15.5. The first-order valence-corrected chi connectivity index (χ1v) is 10.3. The maximum absolute atomic E-state index is 12.8. The molecule has 158 valence electrons. The average Bonchev–Trinajstić information content (AvgIpc) is 3.40. The van der Waals surface area contributed by atoms with E-state index >= 15 is 0 Å². The Bertz CT molecular complexity index is 996. The van der Waals surface area contributed by atoms with E-state index in [1.807, 2.05) is 17.5 Å². The second kappa shape index (κ2) is 8.57. The van der Waals surface area contributed by atoms with Crippen LogP contribution in [0.25, 0.3) is 10.7 Å². The summed E-state index contributed by atoms with van der Waals surface area (Å²) in [7, 11) is 0. The number of halogens is 3. The third-order valence-corrected chi connectivity index (χ3v) is 5.77. The molecule has 1 fully saturated rings. The number of piperazine rings is 1. The lowest BCUT2D eigenvalue weighted by Gasteiger charge is -2.34. The molecule has 6 nitrogen and oxygen atoms in total. The molecule has 0 bridgehead atoms. The molecule has 1 aliphatic rings. The number of nitrogens with zero attached hydrogens (tertiary/aromatic N) is 4. The van der Waals surface area contributed by atoms with Gasteiger partial charge in [-0.3, -0.25) is 9.69 Å². The number of amides is 1. The summed E-state index contributed by atoms with van der Waals surface area (Å²) in [5.41, 5.74) is -0.372. The van der Waals surface area contributed by atoms with Crippen molar-refractivity contribution < 1.29 is 22.5 Å². The molecule has 1 saturated heterocycles. The van der Waals surface area contributed by atoms with Crippen LogP contribution in [0.3, 0.4) is 0 Å². The SMILES string of the molecule is O=C(Cc1cccc(C(F)(F)F)c1)N1CCN(Cc2nc(-c3cccs3)no2)CC1. The van der Waals surface area contributed by atoms with Crippen molar-refractivity contribution in [3.63, 3.8) is 0 Å². The number of carbonyl (C=O) groups is 1. The molecule has 0 atom stereocenters. The molecule has 0 spiro atoms. The third kappa shape index (κ3) is 4.88. The van der Waals surface area contributed by atoms with Gasteiger partial charge in [0, 0.05) is 26.2 Å². The summed E-state index contributed by atoms with van der Waals surface area (Å²) in [6, 6.07) is 8.77. The monoisotopic (exact) mass is 436 g/mol. The van der Waals surface area contributed by atoms with Crippen LogP contribution in [0, 0.1) is 0 Å². The summed E-state index contributed by atoms with van der Waals surface area (Å²) < 4.78 is 43.9. The van der Waals surface area contributed by atoms with Crippen LogP contribution in [0.4, 0.5) is 13.2 Å². The zero-order chi connectivity index (χ0) is 21.1. The van der Waals surface area contributed by atoms with Gasteiger partial charge in [-0.25, -0.2) is 0 Å². The lowest BCUT2D eigenvalue weighted by atomic mass is 10.1. The van der Waals surface area contributed by atoms with Crippen molar-refractivity contribution in [1.29, 1.82) is 0 Å². The van der Waals surface area contributed by atoms with Gasteiger partial charge in [0.05, 0.1) is 23.4 Å². The van der Waals surface area contributed by atoms with E-state index in [9.17, 15) is 18.0 Å². The largest absolute Gasteiger partial charge is 0.416 e. The molecule has 0 saturated carbocycles. The summed E-state index contributed by atoms with van der Waals surface area (Å²) in [4.78, 5) is 21.7. The number of carbonyl (C=O) groups excluding carboxylic acids is 1. The molecule has 1 aliphatic heterocycles. The lowest BCUT2D eigenvalue weighted by molar-refractivity contribution is -0.138.